The molecule has 2 rings (SSSR count). The fourth-order valence-electron chi connectivity index (χ4n) is 2.05. The van der Waals surface area contributed by atoms with E-state index in [2.05, 4.69) is 21.2 Å². The minimum atomic E-state index is -0.830. The third-order valence-corrected chi connectivity index (χ3v) is 3.86. The number of aliphatic hydroxyl groups is 1. The van der Waals surface area contributed by atoms with Crippen molar-refractivity contribution in [2.45, 2.75) is 19.0 Å². The summed E-state index contributed by atoms with van der Waals surface area (Å²) < 4.78 is 14.8. The molecule has 0 aliphatic heterocycles. The lowest BCUT2D eigenvalue weighted by molar-refractivity contribution is 0.170. The summed E-state index contributed by atoms with van der Waals surface area (Å²) in [7, 11) is 0. The van der Waals surface area contributed by atoms with Gasteiger partial charge in [-0.25, -0.2) is 4.39 Å². The van der Waals surface area contributed by atoms with Gasteiger partial charge in [0.15, 0.2) is 0 Å². The molecule has 0 bridgehead atoms. The highest BCUT2D eigenvalue weighted by Crippen LogP contribution is 2.26. The standard InChI is InChI=1S/C16H17BrFNO/c1-16(11-20,14-9-13(17)7-8-15(14)18)19-10-12-5-3-2-4-6-12/h2-9,19-20H,10-11H2,1H3. The van der Waals surface area contributed by atoms with Crippen molar-refractivity contribution in [3.05, 3.63) is 69.9 Å². The molecule has 2 N–H and O–H groups in total. The zero-order valence-corrected chi connectivity index (χ0v) is 12.8. The quantitative estimate of drug-likeness (QED) is 0.873. The average Bonchev–Trinajstić information content (AvgIpc) is 2.48. The lowest BCUT2D eigenvalue weighted by Gasteiger charge is -2.30. The predicted molar refractivity (Wildman–Crippen MR) is 81.8 cm³/mol. The van der Waals surface area contributed by atoms with Crippen LogP contribution in [0.3, 0.4) is 0 Å². The molecule has 20 heavy (non-hydrogen) atoms. The monoisotopic (exact) mass is 337 g/mol. The van der Waals surface area contributed by atoms with Gasteiger partial charge >= 0.3 is 0 Å². The van der Waals surface area contributed by atoms with Crippen LogP contribution in [0.1, 0.15) is 18.1 Å². The largest absolute Gasteiger partial charge is 0.394 e. The topological polar surface area (TPSA) is 32.3 Å². The van der Waals surface area contributed by atoms with E-state index in [4.69, 9.17) is 0 Å². The summed E-state index contributed by atoms with van der Waals surface area (Å²) >= 11 is 3.34. The van der Waals surface area contributed by atoms with Crippen molar-refractivity contribution in [1.29, 1.82) is 0 Å². The first-order valence-corrected chi connectivity index (χ1v) is 7.20. The summed E-state index contributed by atoms with van der Waals surface area (Å²) in [6, 6.07) is 14.6. The molecule has 2 nitrogen and oxygen atoms in total. The van der Waals surface area contributed by atoms with Gasteiger partial charge in [-0.05, 0) is 30.7 Å². The predicted octanol–water partition coefficient (Wildman–Crippen LogP) is 3.59. The van der Waals surface area contributed by atoms with Crippen molar-refractivity contribution in [2.24, 2.45) is 0 Å². The molecule has 0 saturated heterocycles. The van der Waals surface area contributed by atoms with E-state index in [1.165, 1.54) is 6.07 Å². The first-order chi connectivity index (χ1) is 9.55. The van der Waals surface area contributed by atoms with E-state index in [1.807, 2.05) is 30.3 Å². The second kappa shape index (κ2) is 6.48. The highest BCUT2D eigenvalue weighted by Gasteiger charge is 2.28. The SMILES string of the molecule is CC(CO)(NCc1ccccc1)c1cc(Br)ccc1F. The molecule has 0 fully saturated rings. The van der Waals surface area contributed by atoms with Crippen molar-refractivity contribution in [3.63, 3.8) is 0 Å². The van der Waals surface area contributed by atoms with Crippen LogP contribution in [0.4, 0.5) is 4.39 Å². The molecule has 0 heterocycles. The molecule has 106 valence electrons. The first kappa shape index (κ1) is 15.2. The summed E-state index contributed by atoms with van der Waals surface area (Å²) in [5.41, 5.74) is 0.705. The lowest BCUT2D eigenvalue weighted by Crippen LogP contribution is -2.43. The van der Waals surface area contributed by atoms with Crippen molar-refractivity contribution in [3.8, 4) is 0 Å². The fourth-order valence-corrected chi connectivity index (χ4v) is 2.41. The minimum Gasteiger partial charge on any atom is -0.394 e. The molecule has 0 spiro atoms. The van der Waals surface area contributed by atoms with Crippen molar-refractivity contribution >= 4 is 15.9 Å². The van der Waals surface area contributed by atoms with Gasteiger partial charge in [-0.1, -0.05) is 46.3 Å². The zero-order valence-electron chi connectivity index (χ0n) is 11.2. The van der Waals surface area contributed by atoms with E-state index >= 15 is 0 Å². The molecule has 1 atom stereocenters. The molecule has 0 aliphatic carbocycles. The molecule has 0 aliphatic rings. The van der Waals surface area contributed by atoms with E-state index in [-0.39, 0.29) is 12.4 Å². The van der Waals surface area contributed by atoms with Crippen LogP contribution in [-0.4, -0.2) is 11.7 Å². The molecule has 0 saturated carbocycles. The van der Waals surface area contributed by atoms with E-state index in [1.54, 1.807) is 19.1 Å². The van der Waals surface area contributed by atoms with Gasteiger partial charge in [0.05, 0.1) is 12.1 Å². The number of hydrogen-bond acceptors (Lipinski definition) is 2. The van der Waals surface area contributed by atoms with Gasteiger partial charge in [-0.3, -0.25) is 0 Å². The Morgan fingerprint density at radius 2 is 1.90 bits per heavy atom. The molecule has 1 unspecified atom stereocenters. The van der Waals surface area contributed by atoms with Crippen LogP contribution in [0.5, 0.6) is 0 Å². The number of hydrogen-bond donors (Lipinski definition) is 2. The Labute approximate surface area is 126 Å². The number of nitrogens with one attached hydrogen (secondary N) is 1. The van der Waals surface area contributed by atoms with Crippen LogP contribution in [0, 0.1) is 5.82 Å². The highest BCUT2D eigenvalue weighted by molar-refractivity contribution is 9.10. The van der Waals surface area contributed by atoms with Crippen LogP contribution in [0.2, 0.25) is 0 Å². The summed E-state index contributed by atoms with van der Waals surface area (Å²) in [6.07, 6.45) is 0. The number of halogens is 2. The summed E-state index contributed by atoms with van der Waals surface area (Å²) in [4.78, 5) is 0. The number of benzene rings is 2. The van der Waals surface area contributed by atoms with Crippen LogP contribution in [-0.2, 0) is 12.1 Å². The van der Waals surface area contributed by atoms with Gasteiger partial charge in [-0.15, -0.1) is 0 Å². The van der Waals surface area contributed by atoms with Crippen LogP contribution in [0.25, 0.3) is 0 Å². The molecular formula is C16H17BrFNO. The van der Waals surface area contributed by atoms with Crippen molar-refractivity contribution in [2.75, 3.05) is 6.61 Å². The van der Waals surface area contributed by atoms with Gasteiger partial charge in [0.25, 0.3) is 0 Å². The second-order valence-electron chi connectivity index (χ2n) is 4.95. The Morgan fingerprint density at radius 1 is 1.20 bits per heavy atom. The fraction of sp³-hybridized carbons (Fsp3) is 0.250. The second-order valence-corrected chi connectivity index (χ2v) is 5.87. The van der Waals surface area contributed by atoms with Gasteiger partial charge in [-0.2, -0.15) is 0 Å². The molecule has 0 radical (unpaired) electrons. The zero-order chi connectivity index (χ0) is 14.6. The van der Waals surface area contributed by atoms with Crippen LogP contribution < -0.4 is 5.32 Å². The first-order valence-electron chi connectivity index (χ1n) is 6.40. The Morgan fingerprint density at radius 3 is 2.55 bits per heavy atom. The Bertz CT molecular complexity index is 576. The van der Waals surface area contributed by atoms with Gasteiger partial charge in [0.1, 0.15) is 5.82 Å². The maximum atomic E-state index is 14.0. The van der Waals surface area contributed by atoms with E-state index < -0.39 is 5.54 Å². The van der Waals surface area contributed by atoms with Gasteiger partial charge in [0, 0.05) is 16.6 Å². The van der Waals surface area contributed by atoms with Crippen molar-refractivity contribution in [1.82, 2.24) is 5.32 Å². The minimum absolute atomic E-state index is 0.187. The maximum absolute atomic E-state index is 14.0. The molecule has 2 aromatic rings. The van der Waals surface area contributed by atoms with Gasteiger partial charge in [0.2, 0.25) is 0 Å². The Hall–Kier alpha value is -1.23. The van der Waals surface area contributed by atoms with Crippen molar-refractivity contribution < 1.29 is 9.50 Å². The maximum Gasteiger partial charge on any atom is 0.128 e. The van der Waals surface area contributed by atoms with E-state index in [0.29, 0.717) is 12.1 Å². The van der Waals surface area contributed by atoms with Gasteiger partial charge < -0.3 is 10.4 Å². The Balaban J connectivity index is 2.22. The summed E-state index contributed by atoms with van der Waals surface area (Å²) in [5, 5.41) is 12.9. The third-order valence-electron chi connectivity index (χ3n) is 3.36. The molecule has 0 amide bonds. The summed E-state index contributed by atoms with van der Waals surface area (Å²) in [5.74, 6) is -0.328. The smallest absolute Gasteiger partial charge is 0.128 e. The highest BCUT2D eigenvalue weighted by atomic mass is 79.9. The average molecular weight is 338 g/mol. The molecule has 0 aromatic heterocycles. The Kier molecular flexibility index (Phi) is 4.91. The molecular weight excluding hydrogens is 321 g/mol. The van der Waals surface area contributed by atoms with Crippen LogP contribution in [0.15, 0.2) is 53.0 Å². The molecule has 4 heteroatoms. The van der Waals surface area contributed by atoms with E-state index in [0.717, 1.165) is 10.0 Å². The number of aliphatic hydroxyl groups excluding tert-OH is 1. The third kappa shape index (κ3) is 3.45. The summed E-state index contributed by atoms with van der Waals surface area (Å²) in [6.45, 7) is 2.16. The van der Waals surface area contributed by atoms with E-state index in [9.17, 15) is 9.50 Å². The molecule has 2 aromatic carbocycles. The number of rotatable bonds is 5. The van der Waals surface area contributed by atoms with Crippen LogP contribution >= 0.6 is 15.9 Å². The normalized spacial score (nSPS) is 14.0. The lowest BCUT2D eigenvalue weighted by atomic mass is 9.92.